The van der Waals surface area contributed by atoms with Crippen LogP contribution in [0, 0.1) is 5.41 Å². The lowest BCUT2D eigenvalue weighted by atomic mass is 9.83. The fourth-order valence-corrected chi connectivity index (χ4v) is 3.84. The van der Waals surface area contributed by atoms with E-state index >= 15 is 0 Å². The van der Waals surface area contributed by atoms with Gasteiger partial charge in [-0.3, -0.25) is 0 Å². The van der Waals surface area contributed by atoms with Gasteiger partial charge >= 0.3 is 0 Å². The van der Waals surface area contributed by atoms with Crippen LogP contribution in [0.1, 0.15) is 51.9 Å². The van der Waals surface area contributed by atoms with Crippen molar-refractivity contribution in [2.75, 3.05) is 18.1 Å². The van der Waals surface area contributed by atoms with Crippen LogP contribution in [0.2, 0.25) is 0 Å². The molecule has 0 amide bonds. The Balaban J connectivity index is 1.86. The average molecular weight is 259 g/mol. The fourth-order valence-electron chi connectivity index (χ4n) is 2.80. The Morgan fingerprint density at radius 2 is 1.88 bits per heavy atom. The van der Waals surface area contributed by atoms with E-state index in [1.54, 1.807) is 6.92 Å². The molecule has 0 saturated heterocycles. The molecule has 0 aromatic carbocycles. The van der Waals surface area contributed by atoms with E-state index in [-0.39, 0.29) is 5.41 Å². The van der Waals surface area contributed by atoms with Gasteiger partial charge in [-0.25, -0.2) is 8.42 Å². The number of hydrogen-bond donors (Lipinski definition) is 1. The second-order valence-corrected chi connectivity index (χ2v) is 8.32. The van der Waals surface area contributed by atoms with E-state index in [9.17, 15) is 8.42 Å². The smallest absolute Gasteiger partial charge is 0.150 e. The molecule has 2 rings (SSSR count). The normalized spacial score (nSPS) is 24.1. The van der Waals surface area contributed by atoms with E-state index < -0.39 is 9.84 Å². The molecular formula is C13H25NO2S. The molecule has 0 aromatic rings. The maximum absolute atomic E-state index is 11.6. The van der Waals surface area contributed by atoms with Crippen LogP contribution in [0.25, 0.3) is 0 Å². The lowest BCUT2D eigenvalue weighted by Gasteiger charge is -2.29. The van der Waals surface area contributed by atoms with Crippen LogP contribution in [0.15, 0.2) is 0 Å². The molecule has 0 atom stereocenters. The lowest BCUT2D eigenvalue weighted by Crippen LogP contribution is -2.35. The van der Waals surface area contributed by atoms with Crippen molar-refractivity contribution in [3.63, 3.8) is 0 Å². The fraction of sp³-hybridized carbons (Fsp3) is 1.00. The first kappa shape index (κ1) is 13.3. The van der Waals surface area contributed by atoms with Crippen molar-refractivity contribution in [3.05, 3.63) is 0 Å². The first-order chi connectivity index (χ1) is 8.05. The van der Waals surface area contributed by atoms with Gasteiger partial charge in [-0.15, -0.1) is 0 Å². The van der Waals surface area contributed by atoms with Gasteiger partial charge in [0.15, 0.2) is 0 Å². The van der Waals surface area contributed by atoms with Crippen LogP contribution in [0.4, 0.5) is 0 Å². The standard InChI is InChI=1S/C13H25NO2S/c1-2-17(15,16)10-9-13(7-3-4-8-13)11-14-12-5-6-12/h12,14H,2-11H2,1H3. The van der Waals surface area contributed by atoms with Gasteiger partial charge < -0.3 is 5.32 Å². The van der Waals surface area contributed by atoms with Gasteiger partial charge in [0.1, 0.15) is 9.84 Å². The molecule has 0 aliphatic heterocycles. The summed E-state index contributed by atoms with van der Waals surface area (Å²) in [5.74, 6) is 0.676. The summed E-state index contributed by atoms with van der Waals surface area (Å²) in [4.78, 5) is 0. The Morgan fingerprint density at radius 1 is 1.24 bits per heavy atom. The SMILES string of the molecule is CCS(=O)(=O)CCC1(CNC2CC2)CCCC1. The molecule has 0 radical (unpaired) electrons. The zero-order chi connectivity index (χ0) is 12.4. The van der Waals surface area contributed by atoms with Crippen molar-refractivity contribution in [2.24, 2.45) is 5.41 Å². The lowest BCUT2D eigenvalue weighted by molar-refractivity contribution is 0.269. The third-order valence-electron chi connectivity index (χ3n) is 4.39. The topological polar surface area (TPSA) is 46.2 Å². The molecule has 1 N–H and O–H groups in total. The van der Waals surface area contributed by atoms with Crippen LogP contribution in [0.5, 0.6) is 0 Å². The highest BCUT2D eigenvalue weighted by Crippen LogP contribution is 2.41. The third kappa shape index (κ3) is 3.95. The molecule has 100 valence electrons. The van der Waals surface area contributed by atoms with Crippen LogP contribution >= 0.6 is 0 Å². The maximum atomic E-state index is 11.6. The first-order valence-corrected chi connectivity index (χ1v) is 8.81. The molecule has 2 saturated carbocycles. The van der Waals surface area contributed by atoms with Crippen molar-refractivity contribution >= 4 is 9.84 Å². The maximum Gasteiger partial charge on any atom is 0.150 e. The number of nitrogens with one attached hydrogen (secondary N) is 1. The molecule has 17 heavy (non-hydrogen) atoms. The summed E-state index contributed by atoms with van der Waals surface area (Å²) in [7, 11) is -2.80. The van der Waals surface area contributed by atoms with Crippen LogP contribution in [0.3, 0.4) is 0 Å². The Kier molecular flexibility index (Phi) is 4.14. The molecule has 2 fully saturated rings. The van der Waals surface area contributed by atoms with Gasteiger partial charge in [0.05, 0.1) is 5.75 Å². The van der Waals surface area contributed by atoms with Crippen LogP contribution in [-0.4, -0.2) is 32.5 Å². The minimum absolute atomic E-state index is 0.283. The average Bonchev–Trinajstić information content (AvgIpc) is 3.04. The summed E-state index contributed by atoms with van der Waals surface area (Å²) in [6, 6.07) is 0.732. The Morgan fingerprint density at radius 3 is 2.41 bits per heavy atom. The number of hydrogen-bond acceptors (Lipinski definition) is 3. The molecule has 2 aliphatic carbocycles. The predicted molar refractivity (Wildman–Crippen MR) is 70.9 cm³/mol. The summed E-state index contributed by atoms with van der Waals surface area (Å²) >= 11 is 0. The van der Waals surface area contributed by atoms with Gasteiger partial charge in [-0.2, -0.15) is 0 Å². The predicted octanol–water partition coefficient (Wildman–Crippen LogP) is 2.12. The molecule has 0 aromatic heterocycles. The quantitative estimate of drug-likeness (QED) is 0.762. The highest BCUT2D eigenvalue weighted by molar-refractivity contribution is 7.91. The highest BCUT2D eigenvalue weighted by Gasteiger charge is 2.36. The zero-order valence-electron chi connectivity index (χ0n) is 10.9. The summed E-state index contributed by atoms with van der Waals surface area (Å²) in [5, 5.41) is 3.60. The van der Waals surface area contributed by atoms with Crippen molar-refractivity contribution in [2.45, 2.75) is 57.9 Å². The molecule has 3 nitrogen and oxygen atoms in total. The molecule has 2 aliphatic rings. The van der Waals surface area contributed by atoms with Crippen molar-refractivity contribution in [1.82, 2.24) is 5.32 Å². The van der Waals surface area contributed by atoms with Crippen LogP contribution < -0.4 is 5.32 Å². The van der Waals surface area contributed by atoms with Crippen molar-refractivity contribution < 1.29 is 8.42 Å². The summed E-state index contributed by atoms with van der Waals surface area (Å²) < 4.78 is 23.3. The van der Waals surface area contributed by atoms with Crippen molar-refractivity contribution in [1.29, 1.82) is 0 Å². The molecule has 0 spiro atoms. The third-order valence-corrected chi connectivity index (χ3v) is 6.10. The van der Waals surface area contributed by atoms with E-state index in [1.165, 1.54) is 38.5 Å². The summed E-state index contributed by atoms with van der Waals surface area (Å²) in [5.41, 5.74) is 0.283. The Hall–Kier alpha value is -0.0900. The van der Waals surface area contributed by atoms with Gasteiger partial charge in [0, 0.05) is 18.3 Å². The van der Waals surface area contributed by atoms with Gasteiger partial charge in [-0.1, -0.05) is 19.8 Å². The molecule has 0 heterocycles. The summed E-state index contributed by atoms with van der Waals surface area (Å²) in [6.45, 7) is 2.79. The first-order valence-electron chi connectivity index (χ1n) is 6.99. The number of sulfone groups is 1. The van der Waals surface area contributed by atoms with Gasteiger partial charge in [-0.05, 0) is 37.5 Å². The van der Waals surface area contributed by atoms with Gasteiger partial charge in [0.2, 0.25) is 0 Å². The van der Waals surface area contributed by atoms with E-state index in [0.29, 0.717) is 11.5 Å². The minimum atomic E-state index is -2.80. The highest BCUT2D eigenvalue weighted by atomic mass is 32.2. The minimum Gasteiger partial charge on any atom is -0.313 e. The Bertz CT molecular complexity index is 340. The van der Waals surface area contributed by atoms with E-state index in [0.717, 1.165) is 19.0 Å². The second kappa shape index (κ2) is 5.27. The van der Waals surface area contributed by atoms with E-state index in [1.807, 2.05) is 0 Å². The van der Waals surface area contributed by atoms with Crippen LogP contribution in [-0.2, 0) is 9.84 Å². The monoisotopic (exact) mass is 259 g/mol. The molecular weight excluding hydrogens is 234 g/mol. The van der Waals surface area contributed by atoms with E-state index in [2.05, 4.69) is 5.32 Å². The van der Waals surface area contributed by atoms with Gasteiger partial charge in [0.25, 0.3) is 0 Å². The molecule has 0 bridgehead atoms. The number of rotatable bonds is 7. The second-order valence-electron chi connectivity index (χ2n) is 5.85. The molecule has 4 heteroatoms. The zero-order valence-corrected chi connectivity index (χ0v) is 11.7. The van der Waals surface area contributed by atoms with E-state index in [4.69, 9.17) is 0 Å². The largest absolute Gasteiger partial charge is 0.313 e. The Labute approximate surface area is 105 Å². The summed E-state index contributed by atoms with van der Waals surface area (Å²) in [6.07, 6.45) is 8.46. The van der Waals surface area contributed by atoms with Crippen molar-refractivity contribution in [3.8, 4) is 0 Å². The molecule has 0 unspecified atom stereocenters.